The monoisotopic (exact) mass is 310 g/mol. The van der Waals surface area contributed by atoms with Crippen molar-refractivity contribution in [3.05, 3.63) is 33.8 Å². The van der Waals surface area contributed by atoms with Crippen LogP contribution in [0.4, 0.5) is 11.4 Å². The second-order valence-corrected chi connectivity index (χ2v) is 5.90. The van der Waals surface area contributed by atoms with Gasteiger partial charge in [-0.1, -0.05) is 29.9 Å². The molecule has 0 spiro atoms. The SMILES string of the molecule is CC(C)c1nnsc1C(=O)N(C)c1cc(Cl)ccc1N. The number of nitrogens with two attached hydrogens (primary N) is 1. The van der Waals surface area contributed by atoms with Crippen LogP contribution in [0, 0.1) is 0 Å². The molecule has 0 bridgehead atoms. The number of aromatic nitrogens is 2. The fraction of sp³-hybridized carbons (Fsp3) is 0.308. The minimum Gasteiger partial charge on any atom is -0.397 e. The lowest BCUT2D eigenvalue weighted by molar-refractivity contribution is 0.0995. The van der Waals surface area contributed by atoms with Crippen molar-refractivity contribution < 1.29 is 4.79 Å². The van der Waals surface area contributed by atoms with E-state index in [9.17, 15) is 4.79 Å². The normalized spacial score (nSPS) is 10.8. The number of halogens is 1. The lowest BCUT2D eigenvalue weighted by atomic mass is 10.1. The number of nitrogen functional groups attached to an aromatic ring is 1. The van der Waals surface area contributed by atoms with Gasteiger partial charge in [-0.25, -0.2) is 0 Å². The van der Waals surface area contributed by atoms with Gasteiger partial charge < -0.3 is 10.6 Å². The maximum atomic E-state index is 12.6. The lowest BCUT2D eigenvalue weighted by Crippen LogP contribution is -2.27. The summed E-state index contributed by atoms with van der Waals surface area (Å²) in [5.41, 5.74) is 7.67. The Morgan fingerprint density at radius 1 is 1.45 bits per heavy atom. The Hall–Kier alpha value is -1.66. The van der Waals surface area contributed by atoms with Gasteiger partial charge in [0.2, 0.25) is 0 Å². The van der Waals surface area contributed by atoms with Gasteiger partial charge in [-0.05, 0) is 35.6 Å². The molecule has 7 heteroatoms. The average molecular weight is 311 g/mol. The van der Waals surface area contributed by atoms with Crippen molar-refractivity contribution in [1.29, 1.82) is 0 Å². The molecule has 5 nitrogen and oxygen atoms in total. The molecular formula is C13H15ClN4OS. The Balaban J connectivity index is 2.37. The molecule has 1 amide bonds. The summed E-state index contributed by atoms with van der Waals surface area (Å²) in [6.07, 6.45) is 0. The van der Waals surface area contributed by atoms with E-state index >= 15 is 0 Å². The summed E-state index contributed by atoms with van der Waals surface area (Å²) in [6, 6.07) is 5.03. The largest absolute Gasteiger partial charge is 0.397 e. The molecule has 0 aliphatic heterocycles. The van der Waals surface area contributed by atoms with Gasteiger partial charge in [-0.2, -0.15) is 0 Å². The number of anilines is 2. The summed E-state index contributed by atoms with van der Waals surface area (Å²) in [7, 11) is 1.66. The highest BCUT2D eigenvalue weighted by Gasteiger charge is 2.23. The van der Waals surface area contributed by atoms with E-state index in [4.69, 9.17) is 17.3 Å². The summed E-state index contributed by atoms with van der Waals surface area (Å²) in [5.74, 6) is -0.0459. The second-order valence-electron chi connectivity index (χ2n) is 4.71. The van der Waals surface area contributed by atoms with E-state index in [1.54, 1.807) is 25.2 Å². The number of rotatable bonds is 3. The van der Waals surface area contributed by atoms with E-state index in [2.05, 4.69) is 9.59 Å². The topological polar surface area (TPSA) is 72.1 Å². The van der Waals surface area contributed by atoms with Crippen LogP contribution >= 0.6 is 23.1 Å². The molecule has 1 aromatic heterocycles. The first kappa shape index (κ1) is 14.7. The minimum absolute atomic E-state index is 0.137. The molecular weight excluding hydrogens is 296 g/mol. The molecule has 1 aromatic carbocycles. The Morgan fingerprint density at radius 3 is 2.80 bits per heavy atom. The summed E-state index contributed by atoms with van der Waals surface area (Å²) in [5, 5.41) is 4.54. The van der Waals surface area contributed by atoms with Crippen molar-refractivity contribution in [1.82, 2.24) is 9.59 Å². The molecule has 20 heavy (non-hydrogen) atoms. The van der Waals surface area contributed by atoms with Crippen LogP contribution in [0.2, 0.25) is 5.02 Å². The first-order valence-corrected chi connectivity index (χ1v) is 7.22. The molecule has 2 rings (SSSR count). The second kappa shape index (κ2) is 5.76. The van der Waals surface area contributed by atoms with E-state index in [1.165, 1.54) is 4.90 Å². The molecule has 0 atom stereocenters. The van der Waals surface area contributed by atoms with E-state index < -0.39 is 0 Å². The van der Waals surface area contributed by atoms with Gasteiger partial charge in [0.15, 0.2) is 0 Å². The van der Waals surface area contributed by atoms with Crippen molar-refractivity contribution in [2.75, 3.05) is 17.7 Å². The van der Waals surface area contributed by atoms with E-state index in [0.717, 1.165) is 11.5 Å². The molecule has 0 fully saturated rings. The smallest absolute Gasteiger partial charge is 0.271 e. The zero-order chi connectivity index (χ0) is 14.9. The first-order chi connectivity index (χ1) is 9.41. The van der Waals surface area contributed by atoms with Gasteiger partial charge >= 0.3 is 0 Å². The molecule has 0 radical (unpaired) electrons. The Bertz CT molecular complexity index is 641. The number of hydrogen-bond donors (Lipinski definition) is 1. The number of benzene rings is 1. The molecule has 0 aliphatic rings. The van der Waals surface area contributed by atoms with E-state index in [0.29, 0.717) is 27.0 Å². The highest BCUT2D eigenvalue weighted by atomic mass is 35.5. The molecule has 0 saturated carbocycles. The molecule has 0 unspecified atom stereocenters. The highest BCUT2D eigenvalue weighted by molar-refractivity contribution is 7.08. The zero-order valence-electron chi connectivity index (χ0n) is 11.4. The molecule has 1 heterocycles. The maximum Gasteiger partial charge on any atom is 0.271 e. The molecule has 106 valence electrons. The molecule has 2 N–H and O–H groups in total. The highest BCUT2D eigenvalue weighted by Crippen LogP contribution is 2.29. The predicted octanol–water partition coefficient (Wildman–Crippen LogP) is 3.17. The van der Waals surface area contributed by atoms with Crippen molar-refractivity contribution in [3.63, 3.8) is 0 Å². The van der Waals surface area contributed by atoms with Gasteiger partial charge in [0.1, 0.15) is 4.88 Å². The van der Waals surface area contributed by atoms with Gasteiger partial charge in [0.05, 0.1) is 17.1 Å². The van der Waals surface area contributed by atoms with Crippen molar-refractivity contribution in [2.45, 2.75) is 19.8 Å². The summed E-state index contributed by atoms with van der Waals surface area (Å²) in [6.45, 7) is 3.95. The van der Waals surface area contributed by atoms with Crippen LogP contribution in [-0.4, -0.2) is 22.5 Å². The third kappa shape index (κ3) is 2.76. The number of hydrogen-bond acceptors (Lipinski definition) is 5. The van der Waals surface area contributed by atoms with Gasteiger partial charge in [-0.15, -0.1) is 5.10 Å². The van der Waals surface area contributed by atoms with E-state index in [-0.39, 0.29) is 11.8 Å². The van der Waals surface area contributed by atoms with Crippen LogP contribution in [0.5, 0.6) is 0 Å². The Morgan fingerprint density at radius 2 is 2.15 bits per heavy atom. The van der Waals surface area contributed by atoms with Crippen LogP contribution in [0.3, 0.4) is 0 Å². The molecule has 0 aliphatic carbocycles. The van der Waals surface area contributed by atoms with Crippen LogP contribution in [0.1, 0.15) is 35.1 Å². The Kier molecular flexibility index (Phi) is 4.25. The predicted molar refractivity (Wildman–Crippen MR) is 82.6 cm³/mol. The quantitative estimate of drug-likeness (QED) is 0.884. The Labute approximate surface area is 126 Å². The van der Waals surface area contributed by atoms with Crippen molar-refractivity contribution in [3.8, 4) is 0 Å². The van der Waals surface area contributed by atoms with E-state index in [1.807, 2.05) is 13.8 Å². The van der Waals surface area contributed by atoms with Crippen molar-refractivity contribution >= 4 is 40.4 Å². The maximum absolute atomic E-state index is 12.6. The minimum atomic E-state index is -0.183. The van der Waals surface area contributed by atoms with Crippen LogP contribution < -0.4 is 10.6 Å². The fourth-order valence-electron chi connectivity index (χ4n) is 1.79. The number of carbonyl (C=O) groups excluding carboxylic acids is 1. The molecule has 0 saturated heterocycles. The molecule has 2 aromatic rings. The first-order valence-electron chi connectivity index (χ1n) is 6.07. The van der Waals surface area contributed by atoms with Crippen molar-refractivity contribution in [2.24, 2.45) is 0 Å². The van der Waals surface area contributed by atoms with Gasteiger partial charge in [0, 0.05) is 12.1 Å². The third-order valence-corrected chi connectivity index (χ3v) is 3.88. The number of nitrogens with zero attached hydrogens (tertiary/aromatic N) is 3. The standard InChI is InChI=1S/C13H15ClN4OS/c1-7(2)11-12(20-17-16-11)13(19)18(3)10-6-8(14)4-5-9(10)15/h4-7H,15H2,1-3H3. The third-order valence-electron chi connectivity index (χ3n) is 2.91. The van der Waals surface area contributed by atoms with Gasteiger partial charge in [0.25, 0.3) is 5.91 Å². The van der Waals surface area contributed by atoms with Gasteiger partial charge in [-0.3, -0.25) is 4.79 Å². The summed E-state index contributed by atoms with van der Waals surface area (Å²) < 4.78 is 3.87. The van der Waals surface area contributed by atoms with Crippen LogP contribution in [-0.2, 0) is 0 Å². The lowest BCUT2D eigenvalue weighted by Gasteiger charge is -2.19. The average Bonchev–Trinajstić information content (AvgIpc) is 2.89. The summed E-state index contributed by atoms with van der Waals surface area (Å²) >= 11 is 7.05. The zero-order valence-corrected chi connectivity index (χ0v) is 13.0. The fourth-order valence-corrected chi connectivity index (χ4v) is 2.75. The van der Waals surface area contributed by atoms with Crippen LogP contribution in [0.25, 0.3) is 0 Å². The van der Waals surface area contributed by atoms with Crippen LogP contribution in [0.15, 0.2) is 18.2 Å². The number of amides is 1. The summed E-state index contributed by atoms with van der Waals surface area (Å²) in [4.78, 5) is 14.6. The number of carbonyl (C=O) groups is 1.